The Morgan fingerprint density at radius 3 is 2.89 bits per heavy atom. The number of rotatable bonds is 6. The number of aromatic nitrogens is 1. The first-order valence-electron chi connectivity index (χ1n) is 8.98. The number of aliphatic imine (C=N–C) groups is 1. The zero-order valence-corrected chi connectivity index (χ0v) is 15.8. The molecule has 0 radical (unpaired) electrons. The Labute approximate surface area is 157 Å². The molecule has 0 fully saturated rings. The minimum Gasteiger partial charge on any atom is -0.467 e. The van der Waals surface area contributed by atoms with E-state index in [9.17, 15) is 4.39 Å². The smallest absolute Gasteiger partial charge is 0.191 e. The Bertz CT molecular complexity index is 804. The molecule has 0 aliphatic carbocycles. The van der Waals surface area contributed by atoms with E-state index in [2.05, 4.69) is 34.6 Å². The second-order valence-corrected chi connectivity index (χ2v) is 6.64. The van der Waals surface area contributed by atoms with Crippen molar-refractivity contribution in [1.82, 2.24) is 15.8 Å². The van der Waals surface area contributed by atoms with Gasteiger partial charge in [-0.2, -0.15) is 0 Å². The van der Waals surface area contributed by atoms with Gasteiger partial charge in [-0.3, -0.25) is 4.99 Å². The van der Waals surface area contributed by atoms with Gasteiger partial charge in [0.15, 0.2) is 18.5 Å². The maximum Gasteiger partial charge on any atom is 0.191 e. The lowest BCUT2D eigenvalue weighted by Crippen LogP contribution is -2.37. The monoisotopic (exact) mass is 376 g/mol. The molecule has 27 heavy (non-hydrogen) atoms. The lowest BCUT2D eigenvalue weighted by Gasteiger charge is -2.21. The highest BCUT2D eigenvalue weighted by atomic mass is 19.1. The van der Waals surface area contributed by atoms with Gasteiger partial charge in [-0.25, -0.2) is 4.39 Å². The van der Waals surface area contributed by atoms with Crippen LogP contribution in [0.4, 0.5) is 4.39 Å². The minimum absolute atomic E-state index is 0.192. The van der Waals surface area contributed by atoms with Gasteiger partial charge in [0.25, 0.3) is 0 Å². The molecule has 3 rings (SSSR count). The highest BCUT2D eigenvalue weighted by Gasteiger charge is 2.17. The van der Waals surface area contributed by atoms with Gasteiger partial charge in [0.1, 0.15) is 11.6 Å². The van der Waals surface area contributed by atoms with Gasteiger partial charge in [-0.15, -0.1) is 0 Å². The lowest BCUT2D eigenvalue weighted by molar-refractivity contribution is -0.0172. The van der Waals surface area contributed by atoms with Crippen LogP contribution in [-0.4, -0.2) is 31.5 Å². The zero-order valence-electron chi connectivity index (χ0n) is 15.8. The maximum atomic E-state index is 13.8. The van der Waals surface area contributed by atoms with Gasteiger partial charge in [0.2, 0.25) is 0 Å². The predicted molar refractivity (Wildman–Crippen MR) is 99.2 cm³/mol. The largest absolute Gasteiger partial charge is 0.467 e. The Morgan fingerprint density at radius 2 is 2.15 bits per heavy atom. The molecule has 0 amide bonds. The number of nitrogens with zero attached hydrogens (tertiary/aromatic N) is 2. The number of fused-ring (bicyclic) bond motifs is 1. The molecule has 0 spiro atoms. The van der Waals surface area contributed by atoms with Crippen molar-refractivity contribution >= 4 is 5.96 Å². The van der Waals surface area contributed by atoms with Gasteiger partial charge < -0.3 is 24.6 Å². The van der Waals surface area contributed by atoms with Crippen LogP contribution in [-0.2, 0) is 24.3 Å². The summed E-state index contributed by atoms with van der Waals surface area (Å²) < 4.78 is 29.8. The molecule has 1 aromatic heterocycles. The fourth-order valence-electron chi connectivity index (χ4n) is 2.83. The number of hydrogen-bond donors (Lipinski definition) is 2. The number of hydrogen-bond acceptors (Lipinski definition) is 5. The molecule has 0 saturated carbocycles. The highest BCUT2D eigenvalue weighted by molar-refractivity contribution is 5.79. The van der Waals surface area contributed by atoms with Crippen LogP contribution in [0.1, 0.15) is 42.3 Å². The van der Waals surface area contributed by atoms with Crippen LogP contribution in [0.25, 0.3) is 0 Å². The van der Waals surface area contributed by atoms with Gasteiger partial charge in [0, 0.05) is 25.2 Å². The van der Waals surface area contributed by atoms with E-state index in [1.807, 2.05) is 6.07 Å². The number of guanidine groups is 1. The van der Waals surface area contributed by atoms with Crippen LogP contribution in [0, 0.1) is 5.82 Å². The summed E-state index contributed by atoms with van der Waals surface area (Å²) in [5.41, 5.74) is 2.48. The molecule has 2 N–H and O–H groups in total. The van der Waals surface area contributed by atoms with Crippen LogP contribution >= 0.6 is 0 Å². The highest BCUT2D eigenvalue weighted by Crippen LogP contribution is 2.29. The molecule has 2 aromatic rings. The average molecular weight is 376 g/mol. The molecule has 1 aliphatic heterocycles. The fraction of sp³-hybridized carbons (Fsp3) is 0.474. The molecular formula is C19H25FN4O3. The summed E-state index contributed by atoms with van der Waals surface area (Å²) in [7, 11) is 1.69. The minimum atomic E-state index is -0.286. The van der Waals surface area contributed by atoms with E-state index in [0.717, 1.165) is 28.3 Å². The summed E-state index contributed by atoms with van der Waals surface area (Å²) in [4.78, 5) is 4.19. The van der Waals surface area contributed by atoms with Gasteiger partial charge in [0.05, 0.1) is 18.8 Å². The van der Waals surface area contributed by atoms with Crippen molar-refractivity contribution in [2.45, 2.75) is 39.3 Å². The normalized spacial score (nSPS) is 14.0. The first-order chi connectivity index (χ1) is 13.1. The predicted octanol–water partition coefficient (Wildman–Crippen LogP) is 2.71. The van der Waals surface area contributed by atoms with Crippen molar-refractivity contribution in [1.29, 1.82) is 0 Å². The van der Waals surface area contributed by atoms with Crippen molar-refractivity contribution in [3.8, 4) is 5.75 Å². The van der Waals surface area contributed by atoms with Crippen molar-refractivity contribution < 1.29 is 18.4 Å². The van der Waals surface area contributed by atoms with Gasteiger partial charge in [-0.05, 0) is 30.0 Å². The van der Waals surface area contributed by atoms with Gasteiger partial charge in [-0.1, -0.05) is 19.0 Å². The first-order valence-corrected chi connectivity index (χ1v) is 8.98. The fourth-order valence-corrected chi connectivity index (χ4v) is 2.83. The Balaban J connectivity index is 1.52. The first kappa shape index (κ1) is 19.2. The molecule has 146 valence electrons. The van der Waals surface area contributed by atoms with E-state index in [-0.39, 0.29) is 12.6 Å². The summed E-state index contributed by atoms with van der Waals surface area (Å²) in [5.74, 6) is 2.13. The Kier molecular flexibility index (Phi) is 6.28. The number of benzene rings is 1. The maximum absolute atomic E-state index is 13.8. The van der Waals surface area contributed by atoms with E-state index >= 15 is 0 Å². The van der Waals surface area contributed by atoms with Crippen molar-refractivity contribution in [2.24, 2.45) is 4.99 Å². The van der Waals surface area contributed by atoms with Gasteiger partial charge >= 0.3 is 0 Å². The van der Waals surface area contributed by atoms with Crippen LogP contribution in [0.2, 0.25) is 0 Å². The number of nitrogens with one attached hydrogen (secondary N) is 2. The van der Waals surface area contributed by atoms with Crippen LogP contribution < -0.4 is 15.4 Å². The van der Waals surface area contributed by atoms with Crippen molar-refractivity contribution in [3.63, 3.8) is 0 Å². The zero-order chi connectivity index (χ0) is 19.2. The third-order valence-electron chi connectivity index (χ3n) is 4.26. The molecule has 1 aliphatic rings. The van der Waals surface area contributed by atoms with E-state index in [4.69, 9.17) is 14.0 Å². The van der Waals surface area contributed by atoms with E-state index < -0.39 is 0 Å². The van der Waals surface area contributed by atoms with E-state index in [0.29, 0.717) is 38.0 Å². The lowest BCUT2D eigenvalue weighted by atomic mass is 10.1. The molecule has 8 heteroatoms. The van der Waals surface area contributed by atoms with E-state index in [1.165, 1.54) is 12.1 Å². The van der Waals surface area contributed by atoms with Crippen LogP contribution in [0.3, 0.4) is 0 Å². The average Bonchev–Trinajstić information content (AvgIpc) is 3.13. The number of halogens is 1. The molecule has 0 unspecified atom stereocenters. The van der Waals surface area contributed by atoms with Crippen molar-refractivity contribution in [2.75, 3.05) is 20.4 Å². The SMILES string of the molecule is CN=C(NCCc1cc(F)cc2c1OCOC2)NCc1cc(C(C)C)no1. The summed E-state index contributed by atoms with van der Waals surface area (Å²) in [6, 6.07) is 4.89. The molecule has 0 bridgehead atoms. The van der Waals surface area contributed by atoms with Crippen LogP contribution in [0.5, 0.6) is 5.75 Å². The standard InChI is InChI=1S/C19H25FN4O3/c1-12(2)17-8-16(27-24-17)9-23-19(21-3)22-5-4-13-6-15(20)7-14-10-25-11-26-18(13)14/h6-8,12H,4-5,9-11H2,1-3H3,(H2,21,22,23). The molecule has 1 aromatic carbocycles. The van der Waals surface area contributed by atoms with E-state index in [1.54, 1.807) is 7.05 Å². The number of ether oxygens (including phenoxy) is 2. The molecule has 0 atom stereocenters. The van der Waals surface area contributed by atoms with Crippen LogP contribution in [0.15, 0.2) is 27.7 Å². The summed E-state index contributed by atoms with van der Waals surface area (Å²) in [6.45, 7) is 5.75. The third-order valence-corrected chi connectivity index (χ3v) is 4.26. The second kappa shape index (κ2) is 8.85. The summed E-state index contributed by atoms with van der Waals surface area (Å²) >= 11 is 0. The summed E-state index contributed by atoms with van der Waals surface area (Å²) in [6.07, 6.45) is 0.598. The Morgan fingerprint density at radius 1 is 1.30 bits per heavy atom. The van der Waals surface area contributed by atoms with Crippen molar-refractivity contribution in [3.05, 3.63) is 46.6 Å². The molecule has 0 saturated heterocycles. The second-order valence-electron chi connectivity index (χ2n) is 6.64. The molecule has 2 heterocycles. The summed E-state index contributed by atoms with van der Waals surface area (Å²) in [5, 5.41) is 10.4. The molecular weight excluding hydrogens is 351 g/mol. The topological polar surface area (TPSA) is 80.9 Å². The molecule has 7 nitrogen and oxygen atoms in total. The Hall–Kier alpha value is -2.61. The third kappa shape index (κ3) is 4.97. The quantitative estimate of drug-likeness (QED) is 0.596.